The molecule has 23 heavy (non-hydrogen) atoms. The molecule has 0 saturated carbocycles. The highest BCUT2D eigenvalue weighted by Crippen LogP contribution is 2.38. The molecule has 0 saturated heterocycles. The smallest absolute Gasteiger partial charge is 0.316 e. The Bertz CT molecular complexity index is 1020. The summed E-state index contributed by atoms with van der Waals surface area (Å²) in [6, 6.07) is 18.6. The molecule has 0 spiro atoms. The van der Waals surface area contributed by atoms with Gasteiger partial charge < -0.3 is 4.74 Å². The van der Waals surface area contributed by atoms with Crippen LogP contribution in [0.25, 0.3) is 32.3 Å². The van der Waals surface area contributed by atoms with Crippen LogP contribution in [0, 0.1) is 5.41 Å². The van der Waals surface area contributed by atoms with Gasteiger partial charge in [0.15, 0.2) is 0 Å². The summed E-state index contributed by atoms with van der Waals surface area (Å²) >= 11 is 0. The van der Waals surface area contributed by atoms with Gasteiger partial charge in [-0.15, -0.1) is 0 Å². The van der Waals surface area contributed by atoms with Crippen LogP contribution >= 0.6 is 0 Å². The van der Waals surface area contributed by atoms with Crippen LogP contribution in [0.5, 0.6) is 5.75 Å². The highest BCUT2D eigenvalue weighted by molar-refractivity contribution is 6.24. The van der Waals surface area contributed by atoms with Gasteiger partial charge in [0.25, 0.3) is 0 Å². The zero-order valence-electron chi connectivity index (χ0n) is 13.5. The third kappa shape index (κ3) is 2.14. The predicted molar refractivity (Wildman–Crippen MR) is 95.2 cm³/mol. The first-order chi connectivity index (χ1) is 10.9. The number of rotatable bonds is 1. The van der Waals surface area contributed by atoms with Crippen LogP contribution in [-0.2, 0) is 4.79 Å². The molecule has 0 atom stereocenters. The van der Waals surface area contributed by atoms with Crippen molar-refractivity contribution >= 4 is 38.3 Å². The lowest BCUT2D eigenvalue weighted by Gasteiger charge is -2.18. The average molecular weight is 302 g/mol. The number of carbonyl (C=O) groups excluding carboxylic acids is 1. The zero-order valence-corrected chi connectivity index (χ0v) is 13.5. The van der Waals surface area contributed by atoms with Crippen molar-refractivity contribution in [3.8, 4) is 5.75 Å². The minimum Gasteiger partial charge on any atom is -0.425 e. The predicted octanol–water partition coefficient (Wildman–Crippen LogP) is 5.54. The van der Waals surface area contributed by atoms with E-state index in [0.29, 0.717) is 5.75 Å². The summed E-state index contributed by atoms with van der Waals surface area (Å²) in [5.74, 6) is 0.420. The van der Waals surface area contributed by atoms with Gasteiger partial charge in [-0.1, -0.05) is 42.5 Å². The Labute approximate surface area is 135 Å². The minimum atomic E-state index is -0.524. The summed E-state index contributed by atoms with van der Waals surface area (Å²) in [6.07, 6.45) is 0. The maximum atomic E-state index is 12.3. The Morgan fingerprint density at radius 3 is 2.00 bits per heavy atom. The number of esters is 1. The van der Waals surface area contributed by atoms with E-state index in [0.717, 1.165) is 5.39 Å². The monoisotopic (exact) mass is 302 g/mol. The van der Waals surface area contributed by atoms with Crippen LogP contribution in [0.3, 0.4) is 0 Å². The van der Waals surface area contributed by atoms with Crippen LogP contribution in [0.2, 0.25) is 0 Å². The normalized spacial score (nSPS) is 12.3. The molecular weight excluding hydrogens is 284 g/mol. The highest BCUT2D eigenvalue weighted by atomic mass is 16.5. The Morgan fingerprint density at radius 1 is 0.783 bits per heavy atom. The first-order valence-corrected chi connectivity index (χ1v) is 7.84. The van der Waals surface area contributed by atoms with Gasteiger partial charge in [0, 0.05) is 10.8 Å². The van der Waals surface area contributed by atoms with E-state index in [2.05, 4.69) is 42.5 Å². The largest absolute Gasteiger partial charge is 0.425 e. The summed E-state index contributed by atoms with van der Waals surface area (Å²) in [6.45, 7) is 5.60. The fourth-order valence-corrected chi connectivity index (χ4v) is 3.05. The minimum absolute atomic E-state index is 0.215. The number of ether oxygens (including phenoxy) is 1. The Balaban J connectivity index is 2.02. The van der Waals surface area contributed by atoms with E-state index in [1.54, 1.807) is 0 Å². The molecule has 0 aliphatic carbocycles. The molecule has 4 aromatic rings. The second-order valence-electron chi connectivity index (χ2n) is 7.06. The molecule has 4 rings (SSSR count). The van der Waals surface area contributed by atoms with Gasteiger partial charge in [-0.25, -0.2) is 0 Å². The Morgan fingerprint density at radius 2 is 1.35 bits per heavy atom. The first kappa shape index (κ1) is 14.0. The molecule has 0 aliphatic rings. The van der Waals surface area contributed by atoms with Crippen LogP contribution in [0.4, 0.5) is 0 Å². The van der Waals surface area contributed by atoms with E-state index in [-0.39, 0.29) is 5.97 Å². The summed E-state index contributed by atoms with van der Waals surface area (Å²) in [7, 11) is 0. The molecule has 0 heterocycles. The number of benzene rings is 4. The first-order valence-electron chi connectivity index (χ1n) is 7.84. The van der Waals surface area contributed by atoms with Crippen LogP contribution in [-0.4, -0.2) is 5.97 Å². The van der Waals surface area contributed by atoms with E-state index < -0.39 is 5.41 Å². The second-order valence-corrected chi connectivity index (χ2v) is 7.06. The van der Waals surface area contributed by atoms with Crippen LogP contribution in [0.1, 0.15) is 20.8 Å². The van der Waals surface area contributed by atoms with E-state index >= 15 is 0 Å². The maximum absolute atomic E-state index is 12.3. The number of hydrogen-bond acceptors (Lipinski definition) is 2. The molecule has 4 aromatic carbocycles. The van der Waals surface area contributed by atoms with E-state index in [4.69, 9.17) is 4.74 Å². The lowest BCUT2D eigenvalue weighted by atomic mass is 9.93. The molecule has 0 aromatic heterocycles. The zero-order chi connectivity index (χ0) is 16.2. The van der Waals surface area contributed by atoms with Crippen molar-refractivity contribution in [2.45, 2.75) is 20.8 Å². The number of hydrogen-bond donors (Lipinski definition) is 0. The maximum Gasteiger partial charge on any atom is 0.316 e. The molecule has 2 nitrogen and oxygen atoms in total. The van der Waals surface area contributed by atoms with Crippen molar-refractivity contribution in [2.24, 2.45) is 5.41 Å². The van der Waals surface area contributed by atoms with Crippen molar-refractivity contribution in [3.05, 3.63) is 54.6 Å². The quantitative estimate of drug-likeness (QED) is 0.262. The van der Waals surface area contributed by atoms with Gasteiger partial charge >= 0.3 is 5.97 Å². The van der Waals surface area contributed by atoms with Crippen LogP contribution < -0.4 is 4.74 Å². The standard InChI is InChI=1S/C21H18O2/c1-21(2,3)20(22)23-17-12-10-15-8-7-13-5-4-6-14-9-11-16(17)19(15)18(13)14/h4-12H,1-3H3. The van der Waals surface area contributed by atoms with Crippen molar-refractivity contribution in [1.82, 2.24) is 0 Å². The van der Waals surface area contributed by atoms with Crippen molar-refractivity contribution < 1.29 is 9.53 Å². The van der Waals surface area contributed by atoms with Gasteiger partial charge in [0.1, 0.15) is 5.75 Å². The van der Waals surface area contributed by atoms with Crippen LogP contribution in [0.15, 0.2) is 54.6 Å². The van der Waals surface area contributed by atoms with Crippen molar-refractivity contribution in [2.75, 3.05) is 0 Å². The lowest BCUT2D eigenvalue weighted by Crippen LogP contribution is -2.25. The van der Waals surface area contributed by atoms with Gasteiger partial charge in [-0.05, 0) is 54.4 Å². The third-order valence-corrected chi connectivity index (χ3v) is 4.30. The van der Waals surface area contributed by atoms with E-state index in [9.17, 15) is 4.79 Å². The van der Waals surface area contributed by atoms with Gasteiger partial charge in [0.05, 0.1) is 5.41 Å². The van der Waals surface area contributed by atoms with Gasteiger partial charge in [-0.2, -0.15) is 0 Å². The molecule has 0 N–H and O–H groups in total. The molecule has 2 heteroatoms. The average Bonchev–Trinajstić information content (AvgIpc) is 2.53. The third-order valence-electron chi connectivity index (χ3n) is 4.30. The molecule has 0 bridgehead atoms. The van der Waals surface area contributed by atoms with E-state index in [1.165, 1.54) is 26.9 Å². The van der Waals surface area contributed by atoms with Crippen molar-refractivity contribution in [3.63, 3.8) is 0 Å². The molecule has 0 amide bonds. The van der Waals surface area contributed by atoms with Gasteiger partial charge in [0.2, 0.25) is 0 Å². The molecular formula is C21H18O2. The SMILES string of the molecule is CC(C)(C)C(=O)Oc1ccc2ccc3cccc4ccc1c2c34. The second kappa shape index (κ2) is 4.69. The summed E-state index contributed by atoms with van der Waals surface area (Å²) < 4.78 is 5.70. The molecule has 0 unspecified atom stereocenters. The molecule has 0 radical (unpaired) electrons. The fourth-order valence-electron chi connectivity index (χ4n) is 3.05. The molecule has 114 valence electrons. The lowest BCUT2D eigenvalue weighted by molar-refractivity contribution is -0.142. The molecule has 0 fully saturated rings. The summed E-state index contributed by atoms with van der Waals surface area (Å²) in [5.41, 5.74) is -0.524. The van der Waals surface area contributed by atoms with Gasteiger partial charge in [-0.3, -0.25) is 4.79 Å². The van der Waals surface area contributed by atoms with E-state index in [1.807, 2.05) is 32.9 Å². The summed E-state index contributed by atoms with van der Waals surface area (Å²) in [5, 5.41) is 6.97. The van der Waals surface area contributed by atoms with Crippen molar-refractivity contribution in [1.29, 1.82) is 0 Å². The fraction of sp³-hybridized carbons (Fsp3) is 0.190. The Kier molecular flexibility index (Phi) is 2.86. The highest BCUT2D eigenvalue weighted by Gasteiger charge is 2.24. The Hall–Kier alpha value is -2.61. The summed E-state index contributed by atoms with van der Waals surface area (Å²) in [4.78, 5) is 12.3. The topological polar surface area (TPSA) is 26.3 Å². The number of carbonyl (C=O) groups is 1. The molecule has 0 aliphatic heterocycles.